The quantitative estimate of drug-likeness (QED) is 0.727. The van der Waals surface area contributed by atoms with E-state index in [9.17, 15) is 4.79 Å². The SMILES string of the molecule is CCc1ccccc1NC(=O)c1c[nH]c2ccc(Cl)cc12. The number of para-hydroxylation sites is 1. The van der Waals surface area contributed by atoms with Gasteiger partial charge in [-0.15, -0.1) is 0 Å². The molecule has 0 aliphatic carbocycles. The molecular formula is C17H15ClN2O. The van der Waals surface area contributed by atoms with Crippen LogP contribution in [0.3, 0.4) is 0 Å². The number of carbonyl (C=O) groups excluding carboxylic acids is 1. The molecule has 0 atom stereocenters. The predicted octanol–water partition coefficient (Wildman–Crippen LogP) is 4.64. The van der Waals surface area contributed by atoms with Crippen LogP contribution >= 0.6 is 11.6 Å². The number of aromatic amines is 1. The smallest absolute Gasteiger partial charge is 0.257 e. The zero-order chi connectivity index (χ0) is 14.8. The summed E-state index contributed by atoms with van der Waals surface area (Å²) < 4.78 is 0. The third-order valence-electron chi connectivity index (χ3n) is 3.53. The molecule has 4 heteroatoms. The van der Waals surface area contributed by atoms with Crippen LogP contribution in [0.5, 0.6) is 0 Å². The van der Waals surface area contributed by atoms with Crippen molar-refractivity contribution in [2.45, 2.75) is 13.3 Å². The minimum Gasteiger partial charge on any atom is -0.360 e. The van der Waals surface area contributed by atoms with E-state index in [2.05, 4.69) is 17.2 Å². The number of aromatic nitrogens is 1. The Morgan fingerprint density at radius 3 is 2.86 bits per heavy atom. The highest BCUT2D eigenvalue weighted by Crippen LogP contribution is 2.24. The molecule has 2 N–H and O–H groups in total. The minimum atomic E-state index is -0.135. The number of fused-ring (bicyclic) bond motifs is 1. The average Bonchev–Trinajstić information content (AvgIpc) is 2.90. The average molecular weight is 299 g/mol. The lowest BCUT2D eigenvalue weighted by molar-refractivity contribution is 0.102. The van der Waals surface area contributed by atoms with Gasteiger partial charge in [0.15, 0.2) is 0 Å². The lowest BCUT2D eigenvalue weighted by Gasteiger charge is -2.09. The number of nitrogens with one attached hydrogen (secondary N) is 2. The van der Waals surface area contributed by atoms with E-state index in [-0.39, 0.29) is 5.91 Å². The van der Waals surface area contributed by atoms with Crippen molar-refractivity contribution < 1.29 is 4.79 Å². The zero-order valence-corrected chi connectivity index (χ0v) is 12.4. The van der Waals surface area contributed by atoms with Crippen LogP contribution in [-0.2, 0) is 6.42 Å². The van der Waals surface area contributed by atoms with E-state index < -0.39 is 0 Å². The van der Waals surface area contributed by atoms with Crippen LogP contribution in [0.25, 0.3) is 10.9 Å². The molecule has 3 rings (SSSR count). The normalized spacial score (nSPS) is 10.8. The summed E-state index contributed by atoms with van der Waals surface area (Å²) in [6.07, 6.45) is 2.58. The highest BCUT2D eigenvalue weighted by Gasteiger charge is 2.13. The summed E-state index contributed by atoms with van der Waals surface area (Å²) >= 11 is 6.01. The van der Waals surface area contributed by atoms with Gasteiger partial charge in [-0.05, 0) is 36.2 Å². The van der Waals surface area contributed by atoms with Crippen LogP contribution in [-0.4, -0.2) is 10.9 Å². The summed E-state index contributed by atoms with van der Waals surface area (Å²) in [6, 6.07) is 13.3. The van der Waals surface area contributed by atoms with Crippen molar-refractivity contribution in [3.63, 3.8) is 0 Å². The molecule has 1 aromatic heterocycles. The van der Waals surface area contributed by atoms with Crippen LogP contribution in [0.1, 0.15) is 22.8 Å². The van der Waals surface area contributed by atoms with E-state index in [0.29, 0.717) is 10.6 Å². The first-order valence-corrected chi connectivity index (χ1v) is 7.22. The zero-order valence-electron chi connectivity index (χ0n) is 11.6. The van der Waals surface area contributed by atoms with E-state index in [1.54, 1.807) is 18.3 Å². The molecule has 0 spiro atoms. The lowest BCUT2D eigenvalue weighted by atomic mass is 10.1. The summed E-state index contributed by atoms with van der Waals surface area (Å²) in [5.41, 5.74) is 3.46. The molecule has 0 aliphatic heterocycles. The molecule has 3 aromatic rings. The van der Waals surface area contributed by atoms with Gasteiger partial charge in [0.05, 0.1) is 5.56 Å². The fourth-order valence-corrected chi connectivity index (χ4v) is 2.59. The third-order valence-corrected chi connectivity index (χ3v) is 3.77. The summed E-state index contributed by atoms with van der Waals surface area (Å²) in [5.74, 6) is -0.135. The Hall–Kier alpha value is -2.26. The number of hydrogen-bond acceptors (Lipinski definition) is 1. The van der Waals surface area contributed by atoms with Gasteiger partial charge < -0.3 is 10.3 Å². The first-order chi connectivity index (χ1) is 10.2. The fourth-order valence-electron chi connectivity index (χ4n) is 2.42. The second-order valence-electron chi connectivity index (χ2n) is 4.86. The van der Waals surface area contributed by atoms with Gasteiger partial charge in [-0.3, -0.25) is 4.79 Å². The van der Waals surface area contributed by atoms with Crippen LogP contribution in [0.15, 0.2) is 48.7 Å². The Morgan fingerprint density at radius 2 is 2.05 bits per heavy atom. The Bertz CT molecular complexity index is 807. The number of rotatable bonds is 3. The van der Waals surface area contributed by atoms with Crippen LogP contribution in [0.2, 0.25) is 5.02 Å². The molecule has 3 nitrogen and oxygen atoms in total. The maximum Gasteiger partial charge on any atom is 0.257 e. The fraction of sp³-hybridized carbons (Fsp3) is 0.118. The van der Waals surface area contributed by atoms with Gasteiger partial charge in [-0.2, -0.15) is 0 Å². The van der Waals surface area contributed by atoms with Crippen LogP contribution in [0.4, 0.5) is 5.69 Å². The number of aryl methyl sites for hydroxylation is 1. The number of benzene rings is 2. The number of amides is 1. The van der Waals surface area contributed by atoms with Crippen molar-refractivity contribution >= 4 is 34.1 Å². The molecule has 0 fully saturated rings. The van der Waals surface area contributed by atoms with Crippen LogP contribution < -0.4 is 5.32 Å². The van der Waals surface area contributed by atoms with E-state index in [4.69, 9.17) is 11.6 Å². The molecule has 1 heterocycles. The first kappa shape index (κ1) is 13.7. The molecule has 0 bridgehead atoms. The molecule has 106 valence electrons. The highest BCUT2D eigenvalue weighted by atomic mass is 35.5. The highest BCUT2D eigenvalue weighted by molar-refractivity contribution is 6.31. The Kier molecular flexibility index (Phi) is 3.67. The molecule has 0 saturated heterocycles. The third kappa shape index (κ3) is 2.65. The van der Waals surface area contributed by atoms with Crippen molar-refractivity contribution in [3.05, 3.63) is 64.8 Å². The van der Waals surface area contributed by atoms with Crippen molar-refractivity contribution in [2.24, 2.45) is 0 Å². The van der Waals surface area contributed by atoms with Crippen LogP contribution in [0, 0.1) is 0 Å². The van der Waals surface area contributed by atoms with Gasteiger partial charge in [0.2, 0.25) is 0 Å². The van der Waals surface area contributed by atoms with E-state index in [1.807, 2.05) is 30.3 Å². The molecular weight excluding hydrogens is 284 g/mol. The number of halogens is 1. The minimum absolute atomic E-state index is 0.135. The van der Waals surface area contributed by atoms with Gasteiger partial charge in [-0.25, -0.2) is 0 Å². The van der Waals surface area contributed by atoms with Crippen molar-refractivity contribution in [1.82, 2.24) is 4.98 Å². The van der Waals surface area contributed by atoms with E-state index in [0.717, 1.165) is 28.6 Å². The Morgan fingerprint density at radius 1 is 1.24 bits per heavy atom. The lowest BCUT2D eigenvalue weighted by Crippen LogP contribution is -2.12. The molecule has 0 aliphatic rings. The van der Waals surface area contributed by atoms with E-state index >= 15 is 0 Å². The number of carbonyl (C=O) groups is 1. The Balaban J connectivity index is 1.96. The predicted molar refractivity (Wildman–Crippen MR) is 87.1 cm³/mol. The summed E-state index contributed by atoms with van der Waals surface area (Å²) in [4.78, 5) is 15.6. The maximum absolute atomic E-state index is 12.5. The summed E-state index contributed by atoms with van der Waals surface area (Å²) in [7, 11) is 0. The summed E-state index contributed by atoms with van der Waals surface area (Å²) in [6.45, 7) is 2.07. The molecule has 2 aromatic carbocycles. The van der Waals surface area contributed by atoms with Crippen molar-refractivity contribution in [3.8, 4) is 0 Å². The van der Waals surface area contributed by atoms with Gasteiger partial charge in [-0.1, -0.05) is 36.7 Å². The van der Waals surface area contributed by atoms with Gasteiger partial charge in [0.25, 0.3) is 5.91 Å². The second kappa shape index (κ2) is 5.62. The summed E-state index contributed by atoms with van der Waals surface area (Å²) in [5, 5.41) is 4.42. The molecule has 0 unspecified atom stereocenters. The van der Waals surface area contributed by atoms with Gasteiger partial charge in [0, 0.05) is 27.8 Å². The standard InChI is InChI=1S/C17H15ClN2O/c1-2-11-5-3-4-6-15(11)20-17(21)14-10-19-16-8-7-12(18)9-13(14)16/h3-10,19H,2H2,1H3,(H,20,21). The van der Waals surface area contributed by atoms with Gasteiger partial charge in [0.1, 0.15) is 0 Å². The topological polar surface area (TPSA) is 44.9 Å². The van der Waals surface area contributed by atoms with E-state index in [1.165, 1.54) is 0 Å². The molecule has 0 radical (unpaired) electrons. The molecule has 0 saturated carbocycles. The number of hydrogen-bond donors (Lipinski definition) is 2. The molecule has 1 amide bonds. The Labute approximate surface area is 127 Å². The largest absolute Gasteiger partial charge is 0.360 e. The molecule has 21 heavy (non-hydrogen) atoms. The van der Waals surface area contributed by atoms with Gasteiger partial charge >= 0.3 is 0 Å². The number of H-pyrrole nitrogens is 1. The van der Waals surface area contributed by atoms with Crippen molar-refractivity contribution in [1.29, 1.82) is 0 Å². The monoisotopic (exact) mass is 298 g/mol. The first-order valence-electron chi connectivity index (χ1n) is 6.85. The maximum atomic E-state index is 12.5. The number of anilines is 1. The second-order valence-corrected chi connectivity index (χ2v) is 5.29. The van der Waals surface area contributed by atoms with Crippen molar-refractivity contribution in [2.75, 3.05) is 5.32 Å².